The van der Waals surface area contributed by atoms with E-state index < -0.39 is 0 Å². The van der Waals surface area contributed by atoms with Crippen molar-refractivity contribution < 1.29 is 9.53 Å². The maximum absolute atomic E-state index is 12.6. The minimum Gasteiger partial charge on any atom is -0.354 e. The van der Waals surface area contributed by atoms with E-state index in [1.807, 2.05) is 49.1 Å². The summed E-state index contributed by atoms with van der Waals surface area (Å²) in [6.07, 6.45) is 1.81. The number of ether oxygens (including phenoxy) is 1. The molecule has 4 nitrogen and oxygen atoms in total. The highest BCUT2D eigenvalue weighted by Gasteiger charge is 2.34. The van der Waals surface area contributed by atoms with E-state index in [4.69, 9.17) is 10.5 Å². The minimum absolute atomic E-state index is 0.106. The molecule has 1 aromatic rings. The molecule has 2 rings (SSSR count). The summed E-state index contributed by atoms with van der Waals surface area (Å²) < 4.78 is 5.96. The molecule has 1 saturated heterocycles. The van der Waals surface area contributed by atoms with Crippen molar-refractivity contribution in [2.24, 2.45) is 17.6 Å². The molecule has 2 N–H and O–H groups in total. The van der Waals surface area contributed by atoms with Crippen LogP contribution in [0.4, 0.5) is 0 Å². The van der Waals surface area contributed by atoms with Crippen LogP contribution in [0.15, 0.2) is 30.3 Å². The second-order valence-electron chi connectivity index (χ2n) is 6.01. The smallest absolute Gasteiger partial charge is 0.229 e. The summed E-state index contributed by atoms with van der Waals surface area (Å²) >= 11 is 0. The quantitative estimate of drug-likeness (QED) is 0.875. The number of hydrogen-bond donors (Lipinski definition) is 1. The predicted octanol–water partition coefficient (Wildman–Crippen LogP) is 2.38. The first-order valence-corrected chi connectivity index (χ1v) is 7.79. The summed E-state index contributed by atoms with van der Waals surface area (Å²) in [4.78, 5) is 14.5. The van der Waals surface area contributed by atoms with Gasteiger partial charge in [0.1, 0.15) is 6.23 Å². The number of carbonyl (C=O) groups excluding carboxylic acids is 1. The summed E-state index contributed by atoms with van der Waals surface area (Å²) in [5.74, 6) is 0.298. The third kappa shape index (κ3) is 4.05. The van der Waals surface area contributed by atoms with E-state index in [9.17, 15) is 4.79 Å². The first kappa shape index (κ1) is 16.0. The molecule has 116 valence electrons. The number of likely N-dealkylation sites (tertiary alicyclic amines) is 1. The number of benzene rings is 1. The Balaban J connectivity index is 1.95. The number of nitrogens with zero attached hydrogens (tertiary/aromatic N) is 1. The molecule has 4 heteroatoms. The van der Waals surface area contributed by atoms with Crippen molar-refractivity contribution in [2.75, 3.05) is 13.1 Å². The Bertz CT molecular complexity index is 447. The molecule has 1 amide bonds. The molecule has 2 atom stereocenters. The molecule has 1 heterocycles. The van der Waals surface area contributed by atoms with Crippen LogP contribution in [-0.4, -0.2) is 30.1 Å². The van der Waals surface area contributed by atoms with Crippen molar-refractivity contribution in [1.82, 2.24) is 4.90 Å². The van der Waals surface area contributed by atoms with Gasteiger partial charge < -0.3 is 15.4 Å². The Morgan fingerprint density at radius 1 is 1.38 bits per heavy atom. The molecule has 0 aromatic heterocycles. The van der Waals surface area contributed by atoms with Crippen LogP contribution in [0.2, 0.25) is 0 Å². The Labute approximate surface area is 127 Å². The molecule has 21 heavy (non-hydrogen) atoms. The molecule has 0 bridgehead atoms. The normalized spacial score (nSPS) is 20.0. The van der Waals surface area contributed by atoms with Crippen LogP contribution in [0.1, 0.15) is 32.3 Å². The monoisotopic (exact) mass is 290 g/mol. The fourth-order valence-electron chi connectivity index (χ4n) is 2.80. The van der Waals surface area contributed by atoms with Gasteiger partial charge >= 0.3 is 0 Å². The summed E-state index contributed by atoms with van der Waals surface area (Å²) in [5.41, 5.74) is 6.90. The van der Waals surface area contributed by atoms with Crippen molar-refractivity contribution in [3.63, 3.8) is 0 Å². The van der Waals surface area contributed by atoms with Gasteiger partial charge in [0, 0.05) is 13.1 Å². The number of hydrogen-bond acceptors (Lipinski definition) is 3. The zero-order valence-corrected chi connectivity index (χ0v) is 13.0. The van der Waals surface area contributed by atoms with Gasteiger partial charge in [-0.3, -0.25) is 4.79 Å². The predicted molar refractivity (Wildman–Crippen MR) is 83.3 cm³/mol. The van der Waals surface area contributed by atoms with Crippen LogP contribution >= 0.6 is 0 Å². The van der Waals surface area contributed by atoms with Crippen LogP contribution < -0.4 is 5.73 Å². The lowest BCUT2D eigenvalue weighted by Gasteiger charge is -2.30. The Morgan fingerprint density at radius 3 is 2.71 bits per heavy atom. The summed E-state index contributed by atoms with van der Waals surface area (Å²) in [7, 11) is 0. The van der Waals surface area contributed by atoms with Crippen LogP contribution in [0.3, 0.4) is 0 Å². The lowest BCUT2D eigenvalue weighted by molar-refractivity contribution is -0.148. The van der Waals surface area contributed by atoms with E-state index in [1.54, 1.807) is 0 Å². The number of carbonyl (C=O) groups is 1. The van der Waals surface area contributed by atoms with Gasteiger partial charge in [-0.1, -0.05) is 44.2 Å². The van der Waals surface area contributed by atoms with Crippen LogP contribution in [-0.2, 0) is 16.1 Å². The lowest BCUT2D eigenvalue weighted by atomic mass is 9.94. The number of nitrogens with two attached hydrogens (primary N) is 1. The number of amides is 1. The average Bonchev–Trinajstić information content (AvgIpc) is 2.95. The third-order valence-corrected chi connectivity index (χ3v) is 4.14. The Morgan fingerprint density at radius 2 is 2.10 bits per heavy atom. The van der Waals surface area contributed by atoms with Gasteiger partial charge in [0.2, 0.25) is 5.91 Å². The fourth-order valence-corrected chi connectivity index (χ4v) is 2.80. The molecule has 0 radical (unpaired) electrons. The standard InChI is InChI=1S/C17H26N2O2/c1-13(2)15(11-18)17(20)19-10-6-9-16(19)21-12-14-7-4-3-5-8-14/h3-5,7-8,13,15-16H,6,9-12,18H2,1-2H3/t15-,16+/m0/s1. The molecule has 0 saturated carbocycles. The summed E-state index contributed by atoms with van der Waals surface area (Å²) in [5, 5.41) is 0. The summed E-state index contributed by atoms with van der Waals surface area (Å²) in [6, 6.07) is 10.1. The zero-order valence-electron chi connectivity index (χ0n) is 13.0. The fraction of sp³-hybridized carbons (Fsp3) is 0.588. The molecule has 1 fully saturated rings. The van der Waals surface area contributed by atoms with E-state index in [0.29, 0.717) is 13.2 Å². The van der Waals surface area contributed by atoms with E-state index in [2.05, 4.69) is 0 Å². The molecule has 1 aliphatic heterocycles. The highest BCUT2D eigenvalue weighted by Crippen LogP contribution is 2.24. The average molecular weight is 290 g/mol. The SMILES string of the molecule is CC(C)[C@H](CN)C(=O)N1CCC[C@H]1OCc1ccccc1. The highest BCUT2D eigenvalue weighted by molar-refractivity contribution is 5.79. The second-order valence-corrected chi connectivity index (χ2v) is 6.01. The zero-order chi connectivity index (χ0) is 15.2. The van der Waals surface area contributed by atoms with Gasteiger partial charge in [-0.2, -0.15) is 0 Å². The van der Waals surface area contributed by atoms with Gasteiger partial charge in [-0.25, -0.2) is 0 Å². The van der Waals surface area contributed by atoms with Crippen LogP contribution in [0, 0.1) is 11.8 Å². The van der Waals surface area contributed by atoms with Crippen molar-refractivity contribution in [2.45, 2.75) is 39.5 Å². The van der Waals surface area contributed by atoms with Gasteiger partial charge in [0.25, 0.3) is 0 Å². The van der Waals surface area contributed by atoms with E-state index in [0.717, 1.165) is 24.9 Å². The largest absolute Gasteiger partial charge is 0.354 e. The van der Waals surface area contributed by atoms with Crippen molar-refractivity contribution in [3.05, 3.63) is 35.9 Å². The Hall–Kier alpha value is -1.39. The highest BCUT2D eigenvalue weighted by atomic mass is 16.5. The molecular weight excluding hydrogens is 264 g/mol. The molecule has 1 aliphatic rings. The van der Waals surface area contributed by atoms with Gasteiger partial charge in [-0.15, -0.1) is 0 Å². The molecule has 0 aliphatic carbocycles. The third-order valence-electron chi connectivity index (χ3n) is 4.14. The Kier molecular flexibility index (Phi) is 5.76. The topological polar surface area (TPSA) is 55.6 Å². The van der Waals surface area contributed by atoms with E-state index in [-0.39, 0.29) is 24.0 Å². The van der Waals surface area contributed by atoms with Gasteiger partial charge in [-0.05, 0) is 24.3 Å². The summed E-state index contributed by atoms with van der Waals surface area (Å²) in [6.45, 7) is 5.82. The molecule has 0 spiro atoms. The van der Waals surface area contributed by atoms with Crippen molar-refractivity contribution in [1.29, 1.82) is 0 Å². The lowest BCUT2D eigenvalue weighted by Crippen LogP contribution is -2.44. The molecule has 1 aromatic carbocycles. The maximum atomic E-state index is 12.6. The van der Waals surface area contributed by atoms with Gasteiger partial charge in [0.05, 0.1) is 12.5 Å². The number of rotatable bonds is 6. The minimum atomic E-state index is -0.106. The molecular formula is C17H26N2O2. The van der Waals surface area contributed by atoms with E-state index in [1.165, 1.54) is 0 Å². The van der Waals surface area contributed by atoms with Crippen LogP contribution in [0.25, 0.3) is 0 Å². The van der Waals surface area contributed by atoms with Crippen molar-refractivity contribution >= 4 is 5.91 Å². The van der Waals surface area contributed by atoms with Gasteiger partial charge in [0.15, 0.2) is 0 Å². The second kappa shape index (κ2) is 7.57. The van der Waals surface area contributed by atoms with E-state index >= 15 is 0 Å². The molecule has 0 unspecified atom stereocenters. The first-order chi connectivity index (χ1) is 10.1. The first-order valence-electron chi connectivity index (χ1n) is 7.79. The van der Waals surface area contributed by atoms with Crippen LogP contribution in [0.5, 0.6) is 0 Å². The van der Waals surface area contributed by atoms with Crippen molar-refractivity contribution in [3.8, 4) is 0 Å². The maximum Gasteiger partial charge on any atom is 0.229 e.